The predicted octanol–water partition coefficient (Wildman–Crippen LogP) is 2.56. The Kier molecular flexibility index (Phi) is 4.27. The molecule has 15 heavy (non-hydrogen) atoms. The fourth-order valence-corrected chi connectivity index (χ4v) is 2.49. The van der Waals surface area contributed by atoms with E-state index in [-0.39, 0.29) is 5.69 Å². The van der Waals surface area contributed by atoms with Crippen molar-refractivity contribution in [2.75, 3.05) is 11.5 Å². The lowest BCUT2D eigenvalue weighted by molar-refractivity contribution is 0.616. The summed E-state index contributed by atoms with van der Waals surface area (Å²) in [6.45, 7) is 4.14. The summed E-state index contributed by atoms with van der Waals surface area (Å²) in [7, 11) is -1.12. The Labute approximate surface area is 92.1 Å². The Bertz CT molecular complexity index is 366. The number of anilines is 1. The number of rotatable bonds is 4. The van der Waals surface area contributed by atoms with E-state index in [4.69, 9.17) is 5.73 Å². The lowest BCUT2D eigenvalue weighted by Crippen LogP contribution is -2.02. The van der Waals surface area contributed by atoms with E-state index in [9.17, 15) is 8.60 Å². The van der Waals surface area contributed by atoms with Crippen LogP contribution in [-0.2, 0) is 10.8 Å². The highest BCUT2D eigenvalue weighted by atomic mass is 32.2. The number of nitrogens with two attached hydrogens (primary N) is 1. The van der Waals surface area contributed by atoms with Gasteiger partial charge in [-0.2, -0.15) is 0 Å². The zero-order chi connectivity index (χ0) is 11.4. The first-order valence-electron chi connectivity index (χ1n) is 4.94. The standard InChI is InChI=1S/C11H16FNOS/c1-8(2)5-6-15(14)9-3-4-11(13)10(12)7-9/h3-4,7-8H,5-6,13H2,1-2H3. The lowest BCUT2D eigenvalue weighted by atomic mass is 10.2. The van der Waals surface area contributed by atoms with Crippen LogP contribution < -0.4 is 5.73 Å². The highest BCUT2D eigenvalue weighted by molar-refractivity contribution is 7.85. The monoisotopic (exact) mass is 229 g/mol. The van der Waals surface area contributed by atoms with E-state index in [0.717, 1.165) is 6.42 Å². The molecule has 0 amide bonds. The predicted molar refractivity (Wildman–Crippen MR) is 61.5 cm³/mol. The van der Waals surface area contributed by atoms with Crippen LogP contribution in [-0.4, -0.2) is 9.96 Å². The molecule has 4 heteroatoms. The van der Waals surface area contributed by atoms with Crippen molar-refractivity contribution in [2.45, 2.75) is 25.2 Å². The highest BCUT2D eigenvalue weighted by Crippen LogP contribution is 2.16. The van der Waals surface area contributed by atoms with E-state index < -0.39 is 16.6 Å². The van der Waals surface area contributed by atoms with E-state index in [1.54, 1.807) is 6.07 Å². The molecule has 0 bridgehead atoms. The van der Waals surface area contributed by atoms with Crippen molar-refractivity contribution >= 4 is 16.5 Å². The normalized spacial score (nSPS) is 13.1. The minimum absolute atomic E-state index is 0.0969. The molecule has 0 aliphatic rings. The van der Waals surface area contributed by atoms with Gasteiger partial charge in [0, 0.05) is 10.6 Å². The van der Waals surface area contributed by atoms with Crippen LogP contribution in [0.1, 0.15) is 20.3 Å². The molecular weight excluding hydrogens is 213 g/mol. The van der Waals surface area contributed by atoms with E-state index in [1.165, 1.54) is 12.1 Å². The van der Waals surface area contributed by atoms with E-state index in [2.05, 4.69) is 13.8 Å². The van der Waals surface area contributed by atoms with Crippen molar-refractivity contribution < 1.29 is 8.60 Å². The summed E-state index contributed by atoms with van der Waals surface area (Å²) in [4.78, 5) is 0.516. The Hall–Kier alpha value is -0.900. The van der Waals surface area contributed by atoms with Gasteiger partial charge in [0.1, 0.15) is 5.82 Å². The van der Waals surface area contributed by atoms with Gasteiger partial charge in [-0.05, 0) is 30.5 Å². The van der Waals surface area contributed by atoms with Crippen molar-refractivity contribution in [1.82, 2.24) is 0 Å². The van der Waals surface area contributed by atoms with Crippen molar-refractivity contribution in [1.29, 1.82) is 0 Å². The summed E-state index contributed by atoms with van der Waals surface area (Å²) >= 11 is 0. The fraction of sp³-hybridized carbons (Fsp3) is 0.455. The number of halogens is 1. The Morgan fingerprint density at radius 2 is 2.13 bits per heavy atom. The SMILES string of the molecule is CC(C)CCS(=O)c1ccc(N)c(F)c1. The van der Waals surface area contributed by atoms with Crippen molar-refractivity contribution in [3.63, 3.8) is 0 Å². The van der Waals surface area contributed by atoms with Gasteiger partial charge in [0.25, 0.3) is 0 Å². The van der Waals surface area contributed by atoms with Crippen LogP contribution in [0, 0.1) is 11.7 Å². The van der Waals surface area contributed by atoms with Gasteiger partial charge in [0.05, 0.1) is 16.5 Å². The summed E-state index contributed by atoms with van der Waals surface area (Å²) in [5, 5.41) is 0. The molecule has 1 rings (SSSR count). The quantitative estimate of drug-likeness (QED) is 0.806. The first kappa shape index (κ1) is 12.2. The molecule has 0 heterocycles. The second kappa shape index (κ2) is 5.26. The molecule has 0 aliphatic carbocycles. The summed E-state index contributed by atoms with van der Waals surface area (Å²) < 4.78 is 24.8. The molecule has 2 nitrogen and oxygen atoms in total. The third-order valence-electron chi connectivity index (χ3n) is 2.12. The van der Waals surface area contributed by atoms with Gasteiger partial charge in [0.15, 0.2) is 0 Å². The molecule has 0 saturated heterocycles. The molecule has 0 saturated carbocycles. The second-order valence-corrected chi connectivity index (χ2v) is 5.49. The van der Waals surface area contributed by atoms with Gasteiger partial charge in [-0.1, -0.05) is 13.8 Å². The van der Waals surface area contributed by atoms with Crippen LogP contribution in [0.3, 0.4) is 0 Å². The van der Waals surface area contributed by atoms with Gasteiger partial charge in [-0.3, -0.25) is 4.21 Å². The Morgan fingerprint density at radius 3 is 2.67 bits per heavy atom. The fourth-order valence-electron chi connectivity index (χ4n) is 1.11. The minimum atomic E-state index is -1.12. The molecule has 0 aromatic heterocycles. The van der Waals surface area contributed by atoms with Crippen molar-refractivity contribution in [3.05, 3.63) is 24.0 Å². The maximum absolute atomic E-state index is 13.1. The van der Waals surface area contributed by atoms with Gasteiger partial charge in [-0.25, -0.2) is 4.39 Å². The lowest BCUT2D eigenvalue weighted by Gasteiger charge is -2.05. The van der Waals surface area contributed by atoms with Crippen LogP contribution in [0.2, 0.25) is 0 Å². The van der Waals surface area contributed by atoms with Crippen LogP contribution in [0.15, 0.2) is 23.1 Å². The number of benzene rings is 1. The molecule has 1 aromatic carbocycles. The molecule has 0 radical (unpaired) electrons. The number of nitrogen functional groups attached to an aromatic ring is 1. The zero-order valence-corrected chi connectivity index (χ0v) is 9.81. The van der Waals surface area contributed by atoms with E-state index >= 15 is 0 Å². The molecule has 84 valence electrons. The van der Waals surface area contributed by atoms with E-state index in [1.807, 2.05) is 0 Å². The average molecular weight is 229 g/mol. The molecule has 1 atom stereocenters. The van der Waals surface area contributed by atoms with Crippen molar-refractivity contribution in [3.8, 4) is 0 Å². The summed E-state index contributed by atoms with van der Waals surface area (Å²) in [5.41, 5.74) is 5.43. The van der Waals surface area contributed by atoms with Crippen LogP contribution in [0.25, 0.3) is 0 Å². The maximum atomic E-state index is 13.1. The highest BCUT2D eigenvalue weighted by Gasteiger charge is 2.07. The van der Waals surface area contributed by atoms with Gasteiger partial charge in [-0.15, -0.1) is 0 Å². The van der Waals surface area contributed by atoms with Crippen LogP contribution in [0.4, 0.5) is 10.1 Å². The second-order valence-electron chi connectivity index (χ2n) is 3.92. The Balaban J connectivity index is 2.70. The third-order valence-corrected chi connectivity index (χ3v) is 3.50. The molecule has 0 spiro atoms. The average Bonchev–Trinajstić information content (AvgIpc) is 2.18. The largest absolute Gasteiger partial charge is 0.396 e. The summed E-state index contributed by atoms with van der Waals surface area (Å²) in [5.74, 6) is 0.582. The summed E-state index contributed by atoms with van der Waals surface area (Å²) in [6, 6.07) is 4.33. The van der Waals surface area contributed by atoms with E-state index in [0.29, 0.717) is 16.6 Å². The van der Waals surface area contributed by atoms with Crippen LogP contribution >= 0.6 is 0 Å². The molecule has 2 N–H and O–H groups in total. The topological polar surface area (TPSA) is 43.1 Å². The number of hydrogen-bond donors (Lipinski definition) is 1. The minimum Gasteiger partial charge on any atom is -0.396 e. The van der Waals surface area contributed by atoms with Crippen LogP contribution in [0.5, 0.6) is 0 Å². The molecule has 0 aliphatic heterocycles. The van der Waals surface area contributed by atoms with Gasteiger partial charge in [0.2, 0.25) is 0 Å². The van der Waals surface area contributed by atoms with Crippen molar-refractivity contribution in [2.24, 2.45) is 5.92 Å². The van der Waals surface area contributed by atoms with Gasteiger partial charge >= 0.3 is 0 Å². The first-order chi connectivity index (χ1) is 7.00. The smallest absolute Gasteiger partial charge is 0.147 e. The summed E-state index contributed by atoms with van der Waals surface area (Å²) in [6.07, 6.45) is 0.874. The molecule has 0 fully saturated rings. The zero-order valence-electron chi connectivity index (χ0n) is 9.00. The maximum Gasteiger partial charge on any atom is 0.147 e. The number of hydrogen-bond acceptors (Lipinski definition) is 2. The third kappa shape index (κ3) is 3.63. The molecular formula is C11H16FNOS. The van der Waals surface area contributed by atoms with Gasteiger partial charge < -0.3 is 5.73 Å². The molecule has 1 aromatic rings. The Morgan fingerprint density at radius 1 is 1.47 bits per heavy atom. The first-order valence-corrected chi connectivity index (χ1v) is 6.26. The molecule has 1 unspecified atom stereocenters.